The zero-order chi connectivity index (χ0) is 9.78. The first-order valence-corrected chi connectivity index (χ1v) is 4.94. The van der Waals surface area contributed by atoms with Crippen LogP contribution < -0.4 is 0 Å². The van der Waals surface area contributed by atoms with E-state index in [0.717, 1.165) is 12.3 Å². The minimum atomic E-state index is -0.113. The fourth-order valence-electron chi connectivity index (χ4n) is 1.13. The molecule has 0 bridgehead atoms. The summed E-state index contributed by atoms with van der Waals surface area (Å²) in [6, 6.07) is 0. The largest absolute Gasteiger partial charge is 0.370 e. The molecule has 2 nitrogen and oxygen atoms in total. The molecule has 0 N–H and O–H groups in total. The number of rotatable bonds is 5. The number of ether oxygens (including phenoxy) is 1. The van der Waals surface area contributed by atoms with Crippen molar-refractivity contribution in [2.24, 2.45) is 0 Å². The van der Waals surface area contributed by atoms with Crippen molar-refractivity contribution in [3.63, 3.8) is 0 Å². The minimum Gasteiger partial charge on any atom is -0.370 e. The molecule has 0 aromatic heterocycles. The summed E-state index contributed by atoms with van der Waals surface area (Å²) >= 11 is 4.23. The Morgan fingerprint density at radius 3 is 2.25 bits per heavy atom. The second kappa shape index (κ2) is 5.10. The van der Waals surface area contributed by atoms with E-state index in [1.165, 1.54) is 0 Å². The van der Waals surface area contributed by atoms with Crippen LogP contribution in [0.25, 0.3) is 0 Å². The summed E-state index contributed by atoms with van der Waals surface area (Å²) in [4.78, 5) is 2.12. The van der Waals surface area contributed by atoms with E-state index in [0.29, 0.717) is 0 Å². The topological polar surface area (TPSA) is 12.5 Å². The summed E-state index contributed by atoms with van der Waals surface area (Å²) in [7, 11) is 4.10. The van der Waals surface area contributed by atoms with Crippen LogP contribution in [0.15, 0.2) is 0 Å². The third-order valence-corrected chi connectivity index (χ3v) is 2.28. The predicted molar refractivity (Wildman–Crippen MR) is 57.0 cm³/mol. The summed E-state index contributed by atoms with van der Waals surface area (Å²) in [5, 5.41) is 0. The normalized spacial score (nSPS) is 15.2. The molecule has 0 aromatic carbocycles. The van der Waals surface area contributed by atoms with Gasteiger partial charge in [0.25, 0.3) is 0 Å². The standard InChI is InChI=1S/C9H21NOS/c1-8(6-10(4)5)11-9(2,3)7-12/h8,12H,6-7H2,1-5H3/t8-/m1/s1. The summed E-state index contributed by atoms with van der Waals surface area (Å²) in [5.41, 5.74) is -0.113. The van der Waals surface area contributed by atoms with E-state index in [1.54, 1.807) is 0 Å². The van der Waals surface area contributed by atoms with Gasteiger partial charge in [0.1, 0.15) is 0 Å². The van der Waals surface area contributed by atoms with Gasteiger partial charge in [0.15, 0.2) is 0 Å². The maximum absolute atomic E-state index is 5.78. The van der Waals surface area contributed by atoms with Gasteiger partial charge in [0.2, 0.25) is 0 Å². The molecule has 0 saturated carbocycles. The van der Waals surface area contributed by atoms with Crippen molar-refractivity contribution in [2.45, 2.75) is 32.5 Å². The first-order valence-electron chi connectivity index (χ1n) is 4.31. The van der Waals surface area contributed by atoms with Crippen molar-refractivity contribution >= 4 is 12.6 Å². The van der Waals surface area contributed by atoms with E-state index < -0.39 is 0 Å². The Labute approximate surface area is 81.7 Å². The molecule has 0 spiro atoms. The SMILES string of the molecule is C[C@H](CN(C)C)OC(C)(C)CS. The van der Waals surface area contributed by atoms with Crippen LogP contribution in [0.5, 0.6) is 0 Å². The fraction of sp³-hybridized carbons (Fsp3) is 1.00. The molecule has 0 radical (unpaired) electrons. The minimum absolute atomic E-state index is 0.113. The molecule has 3 heteroatoms. The highest BCUT2D eigenvalue weighted by atomic mass is 32.1. The molecule has 0 unspecified atom stereocenters. The van der Waals surface area contributed by atoms with Gasteiger partial charge < -0.3 is 9.64 Å². The highest BCUT2D eigenvalue weighted by Gasteiger charge is 2.19. The number of hydrogen-bond acceptors (Lipinski definition) is 3. The molecule has 1 atom stereocenters. The van der Waals surface area contributed by atoms with Crippen molar-refractivity contribution in [2.75, 3.05) is 26.4 Å². The fourth-order valence-corrected chi connectivity index (χ4v) is 1.21. The van der Waals surface area contributed by atoms with Crippen molar-refractivity contribution in [1.29, 1.82) is 0 Å². The first kappa shape index (κ1) is 12.3. The maximum atomic E-state index is 5.78. The number of thiol groups is 1. The van der Waals surface area contributed by atoms with Crippen LogP contribution in [0, 0.1) is 0 Å². The lowest BCUT2D eigenvalue weighted by Crippen LogP contribution is -2.36. The van der Waals surface area contributed by atoms with Crippen LogP contribution in [0.4, 0.5) is 0 Å². The first-order chi connectivity index (χ1) is 5.37. The van der Waals surface area contributed by atoms with Crippen LogP contribution in [0.2, 0.25) is 0 Å². The van der Waals surface area contributed by atoms with Gasteiger partial charge in [0.05, 0.1) is 11.7 Å². The van der Waals surface area contributed by atoms with Gasteiger partial charge >= 0.3 is 0 Å². The summed E-state index contributed by atoms with van der Waals surface area (Å²) in [6.45, 7) is 7.17. The molecular weight excluding hydrogens is 170 g/mol. The Morgan fingerprint density at radius 1 is 1.42 bits per heavy atom. The third-order valence-electron chi connectivity index (χ3n) is 1.52. The van der Waals surface area contributed by atoms with Gasteiger partial charge in [-0.1, -0.05) is 0 Å². The molecule has 0 aliphatic heterocycles. The van der Waals surface area contributed by atoms with E-state index in [9.17, 15) is 0 Å². The average Bonchev–Trinajstić information content (AvgIpc) is 1.84. The number of nitrogens with zero attached hydrogens (tertiary/aromatic N) is 1. The monoisotopic (exact) mass is 191 g/mol. The highest BCUT2D eigenvalue weighted by Crippen LogP contribution is 2.13. The second-order valence-corrected chi connectivity index (χ2v) is 4.42. The van der Waals surface area contributed by atoms with Gasteiger partial charge in [0, 0.05) is 12.3 Å². The van der Waals surface area contributed by atoms with Crippen LogP contribution in [0.1, 0.15) is 20.8 Å². The quantitative estimate of drug-likeness (QED) is 0.664. The molecule has 0 aromatic rings. The number of likely N-dealkylation sites (N-methyl/N-ethyl adjacent to an activating group) is 1. The molecular formula is C9H21NOS. The van der Waals surface area contributed by atoms with Crippen LogP contribution in [-0.2, 0) is 4.74 Å². The van der Waals surface area contributed by atoms with E-state index in [1.807, 2.05) is 14.1 Å². The van der Waals surface area contributed by atoms with Crippen molar-refractivity contribution in [3.8, 4) is 0 Å². The Bertz CT molecular complexity index is 126. The van der Waals surface area contributed by atoms with Gasteiger partial charge in [-0.3, -0.25) is 0 Å². The summed E-state index contributed by atoms with van der Waals surface area (Å²) < 4.78 is 5.78. The zero-order valence-electron chi connectivity index (χ0n) is 8.79. The van der Waals surface area contributed by atoms with E-state index in [4.69, 9.17) is 4.74 Å². The molecule has 0 aliphatic rings. The van der Waals surface area contributed by atoms with Gasteiger partial charge in [-0.25, -0.2) is 0 Å². The molecule has 12 heavy (non-hydrogen) atoms. The van der Waals surface area contributed by atoms with Crippen molar-refractivity contribution in [1.82, 2.24) is 4.90 Å². The molecule has 0 aliphatic carbocycles. The molecule has 0 saturated heterocycles. The lowest BCUT2D eigenvalue weighted by molar-refractivity contribution is -0.0555. The molecule has 74 valence electrons. The highest BCUT2D eigenvalue weighted by molar-refractivity contribution is 7.80. The Balaban J connectivity index is 3.75. The van der Waals surface area contributed by atoms with Crippen LogP contribution >= 0.6 is 12.6 Å². The van der Waals surface area contributed by atoms with E-state index in [-0.39, 0.29) is 11.7 Å². The summed E-state index contributed by atoms with van der Waals surface area (Å²) in [6.07, 6.45) is 0.266. The van der Waals surface area contributed by atoms with Gasteiger partial charge in [-0.05, 0) is 34.9 Å². The Kier molecular flexibility index (Phi) is 5.21. The molecule has 0 fully saturated rings. The molecule has 0 heterocycles. The van der Waals surface area contributed by atoms with Gasteiger partial charge in [-0.2, -0.15) is 12.6 Å². The Hall–Kier alpha value is 0.270. The summed E-state index contributed by atoms with van der Waals surface area (Å²) in [5.74, 6) is 0.755. The second-order valence-electron chi connectivity index (χ2n) is 4.11. The molecule has 0 amide bonds. The van der Waals surface area contributed by atoms with Crippen LogP contribution in [0.3, 0.4) is 0 Å². The van der Waals surface area contributed by atoms with Gasteiger partial charge in [-0.15, -0.1) is 0 Å². The van der Waals surface area contributed by atoms with Crippen molar-refractivity contribution in [3.05, 3.63) is 0 Å². The Morgan fingerprint density at radius 2 is 1.92 bits per heavy atom. The smallest absolute Gasteiger partial charge is 0.0718 e. The lowest BCUT2D eigenvalue weighted by Gasteiger charge is -2.29. The van der Waals surface area contributed by atoms with Crippen molar-refractivity contribution < 1.29 is 4.74 Å². The predicted octanol–water partition coefficient (Wildman–Crippen LogP) is 1.66. The van der Waals surface area contributed by atoms with Crippen LogP contribution in [-0.4, -0.2) is 43.0 Å². The molecule has 0 rings (SSSR count). The number of hydrogen-bond donors (Lipinski definition) is 1. The maximum Gasteiger partial charge on any atom is 0.0718 e. The lowest BCUT2D eigenvalue weighted by atomic mass is 10.2. The van der Waals surface area contributed by atoms with E-state index in [2.05, 4.69) is 38.3 Å². The average molecular weight is 191 g/mol. The van der Waals surface area contributed by atoms with E-state index >= 15 is 0 Å². The third kappa shape index (κ3) is 5.86. The zero-order valence-corrected chi connectivity index (χ0v) is 9.69.